The summed E-state index contributed by atoms with van der Waals surface area (Å²) in [5.74, 6) is -7.26. The lowest BCUT2D eigenvalue weighted by molar-refractivity contribution is 0.00345. The molecule has 1 heterocycles. The summed E-state index contributed by atoms with van der Waals surface area (Å²) in [7, 11) is 0. The van der Waals surface area contributed by atoms with E-state index in [0.717, 1.165) is 4.68 Å². The van der Waals surface area contributed by atoms with Gasteiger partial charge >= 0.3 is 0 Å². The molecular formula is C13H17F4N3O. The molecule has 0 aromatic carbocycles. The van der Waals surface area contributed by atoms with Crippen LogP contribution in [0.15, 0.2) is 0 Å². The standard InChI is InChI=1S/C13H17F4N3O/c1-7-9(11(18)21)20(19-10(7)12(2,14)15)6-8-3-4-13(16,17)5-8/h8H,3-6H2,1-2H3,(H2,18,21)/t8-/m1/s1. The number of primary amides is 1. The first-order valence-electron chi connectivity index (χ1n) is 6.64. The summed E-state index contributed by atoms with van der Waals surface area (Å²) in [4.78, 5) is 11.5. The average molecular weight is 307 g/mol. The molecule has 118 valence electrons. The van der Waals surface area contributed by atoms with Gasteiger partial charge in [0.1, 0.15) is 11.4 Å². The van der Waals surface area contributed by atoms with Crippen molar-refractivity contribution in [3.8, 4) is 0 Å². The summed E-state index contributed by atoms with van der Waals surface area (Å²) in [5, 5.41) is 3.73. The van der Waals surface area contributed by atoms with Gasteiger partial charge < -0.3 is 5.73 Å². The van der Waals surface area contributed by atoms with Crippen molar-refractivity contribution in [3.05, 3.63) is 17.0 Å². The number of nitrogens with two attached hydrogens (primary N) is 1. The summed E-state index contributed by atoms with van der Waals surface area (Å²) >= 11 is 0. The van der Waals surface area contributed by atoms with Crippen LogP contribution in [0.3, 0.4) is 0 Å². The van der Waals surface area contributed by atoms with Crippen molar-refractivity contribution in [2.24, 2.45) is 11.7 Å². The number of aromatic nitrogens is 2. The Balaban J connectivity index is 2.33. The number of carbonyl (C=O) groups excluding carboxylic acids is 1. The molecule has 2 N–H and O–H groups in total. The highest BCUT2D eigenvalue weighted by molar-refractivity contribution is 5.92. The van der Waals surface area contributed by atoms with Crippen molar-refractivity contribution >= 4 is 5.91 Å². The molecule has 1 saturated carbocycles. The Morgan fingerprint density at radius 2 is 2.14 bits per heavy atom. The smallest absolute Gasteiger partial charge is 0.289 e. The van der Waals surface area contributed by atoms with Crippen LogP contribution in [0.4, 0.5) is 17.6 Å². The van der Waals surface area contributed by atoms with Gasteiger partial charge in [-0.15, -0.1) is 0 Å². The second kappa shape index (κ2) is 4.99. The first-order chi connectivity index (χ1) is 9.51. The van der Waals surface area contributed by atoms with Gasteiger partial charge in [-0.1, -0.05) is 0 Å². The molecule has 1 aliphatic carbocycles. The number of alkyl halides is 4. The predicted octanol–water partition coefficient (Wildman–Crippen LogP) is 2.84. The van der Waals surface area contributed by atoms with Gasteiger partial charge in [0.2, 0.25) is 5.92 Å². The largest absolute Gasteiger partial charge is 0.364 e. The Labute approximate surface area is 119 Å². The minimum absolute atomic E-state index is 0.000225. The third-order valence-electron chi connectivity index (χ3n) is 3.78. The lowest BCUT2D eigenvalue weighted by Gasteiger charge is -2.12. The SMILES string of the molecule is Cc1c(C(C)(F)F)nn(C[C@@H]2CCC(F)(F)C2)c1C(N)=O. The molecule has 1 aliphatic rings. The van der Waals surface area contributed by atoms with E-state index in [9.17, 15) is 22.4 Å². The first kappa shape index (κ1) is 15.8. The third kappa shape index (κ3) is 3.19. The number of halogens is 4. The minimum atomic E-state index is -3.22. The zero-order valence-electron chi connectivity index (χ0n) is 11.8. The van der Waals surface area contributed by atoms with E-state index < -0.39 is 29.4 Å². The summed E-state index contributed by atoms with van der Waals surface area (Å²) in [5.41, 5.74) is 4.53. The summed E-state index contributed by atoms with van der Waals surface area (Å²) < 4.78 is 54.4. The Morgan fingerprint density at radius 1 is 1.52 bits per heavy atom. The second-order valence-electron chi connectivity index (χ2n) is 5.72. The van der Waals surface area contributed by atoms with E-state index in [-0.39, 0.29) is 37.1 Å². The van der Waals surface area contributed by atoms with E-state index in [4.69, 9.17) is 5.73 Å². The van der Waals surface area contributed by atoms with Gasteiger partial charge in [-0.05, 0) is 19.3 Å². The van der Waals surface area contributed by atoms with Gasteiger partial charge in [-0.25, -0.2) is 8.78 Å². The molecule has 0 radical (unpaired) electrons. The molecule has 8 heteroatoms. The van der Waals surface area contributed by atoms with Crippen LogP contribution >= 0.6 is 0 Å². The molecule has 0 saturated heterocycles. The van der Waals surface area contributed by atoms with Gasteiger partial charge in [0, 0.05) is 31.9 Å². The third-order valence-corrected chi connectivity index (χ3v) is 3.78. The lowest BCUT2D eigenvalue weighted by Crippen LogP contribution is -2.21. The van der Waals surface area contributed by atoms with Crippen LogP contribution in [0, 0.1) is 12.8 Å². The van der Waals surface area contributed by atoms with Gasteiger partial charge in [0.15, 0.2) is 0 Å². The van der Waals surface area contributed by atoms with Gasteiger partial charge in [-0.2, -0.15) is 13.9 Å². The molecule has 0 unspecified atom stereocenters. The van der Waals surface area contributed by atoms with Crippen LogP contribution in [0.5, 0.6) is 0 Å². The maximum atomic E-state index is 13.5. The summed E-state index contributed by atoms with van der Waals surface area (Å²) in [6.07, 6.45) is -0.301. The highest BCUT2D eigenvalue weighted by Crippen LogP contribution is 2.40. The van der Waals surface area contributed by atoms with Crippen molar-refractivity contribution < 1.29 is 22.4 Å². The number of nitrogens with zero attached hydrogens (tertiary/aromatic N) is 2. The Kier molecular flexibility index (Phi) is 3.75. The van der Waals surface area contributed by atoms with Gasteiger partial charge in [-0.3, -0.25) is 9.48 Å². The normalized spacial score (nSPS) is 21.7. The summed E-state index contributed by atoms with van der Waals surface area (Å²) in [6, 6.07) is 0. The topological polar surface area (TPSA) is 60.9 Å². The Hall–Kier alpha value is -1.60. The van der Waals surface area contributed by atoms with Crippen LogP contribution in [-0.4, -0.2) is 21.6 Å². The minimum Gasteiger partial charge on any atom is -0.364 e. The van der Waals surface area contributed by atoms with Crippen LogP contribution in [-0.2, 0) is 12.5 Å². The van der Waals surface area contributed by atoms with Gasteiger partial charge in [0.25, 0.3) is 11.8 Å². The highest BCUT2D eigenvalue weighted by atomic mass is 19.3. The zero-order valence-corrected chi connectivity index (χ0v) is 11.8. The quantitative estimate of drug-likeness (QED) is 0.870. The molecule has 1 amide bonds. The van der Waals surface area contributed by atoms with Crippen LogP contribution in [0.2, 0.25) is 0 Å². The lowest BCUT2D eigenvalue weighted by atomic mass is 10.1. The van der Waals surface area contributed by atoms with E-state index in [2.05, 4.69) is 5.10 Å². The predicted molar refractivity (Wildman–Crippen MR) is 67.3 cm³/mol. The first-order valence-corrected chi connectivity index (χ1v) is 6.64. The molecule has 1 aromatic rings. The van der Waals surface area contributed by atoms with Gasteiger partial charge in [0.05, 0.1) is 0 Å². The second-order valence-corrected chi connectivity index (χ2v) is 5.72. The molecule has 4 nitrogen and oxygen atoms in total. The maximum Gasteiger partial charge on any atom is 0.289 e. The maximum absolute atomic E-state index is 13.5. The van der Waals surface area contributed by atoms with E-state index in [1.165, 1.54) is 6.92 Å². The molecule has 1 atom stereocenters. The van der Waals surface area contributed by atoms with E-state index in [1.54, 1.807) is 0 Å². The molecule has 0 spiro atoms. The fourth-order valence-electron chi connectivity index (χ4n) is 2.85. The highest BCUT2D eigenvalue weighted by Gasteiger charge is 2.40. The van der Waals surface area contributed by atoms with Crippen LogP contribution < -0.4 is 5.73 Å². The number of amides is 1. The monoisotopic (exact) mass is 307 g/mol. The average Bonchev–Trinajstić information content (AvgIpc) is 2.79. The molecule has 1 aromatic heterocycles. The van der Waals surface area contributed by atoms with Crippen molar-refractivity contribution in [2.45, 2.75) is 51.5 Å². The molecular weight excluding hydrogens is 290 g/mol. The van der Waals surface area contributed by atoms with E-state index >= 15 is 0 Å². The van der Waals surface area contributed by atoms with E-state index in [1.807, 2.05) is 0 Å². The molecule has 1 fully saturated rings. The molecule has 0 bridgehead atoms. The van der Waals surface area contributed by atoms with Crippen LogP contribution in [0.25, 0.3) is 0 Å². The Morgan fingerprint density at radius 3 is 2.57 bits per heavy atom. The van der Waals surface area contributed by atoms with E-state index in [0.29, 0.717) is 6.92 Å². The fourth-order valence-corrected chi connectivity index (χ4v) is 2.85. The zero-order chi connectivity index (χ0) is 16.0. The molecule has 2 rings (SSSR count). The van der Waals surface area contributed by atoms with Crippen molar-refractivity contribution in [3.63, 3.8) is 0 Å². The van der Waals surface area contributed by atoms with Crippen molar-refractivity contribution in [1.29, 1.82) is 0 Å². The van der Waals surface area contributed by atoms with Crippen LogP contribution in [0.1, 0.15) is 47.9 Å². The number of carbonyl (C=O) groups is 1. The van der Waals surface area contributed by atoms with Crippen molar-refractivity contribution in [1.82, 2.24) is 9.78 Å². The number of hydrogen-bond donors (Lipinski definition) is 1. The van der Waals surface area contributed by atoms with Crippen molar-refractivity contribution in [2.75, 3.05) is 0 Å². The molecule has 21 heavy (non-hydrogen) atoms. The summed E-state index contributed by atoms with van der Waals surface area (Å²) in [6.45, 7) is 1.99. The fraction of sp³-hybridized carbons (Fsp3) is 0.692. The number of rotatable bonds is 4. The molecule has 0 aliphatic heterocycles. The Bertz CT molecular complexity index is 562. The number of hydrogen-bond acceptors (Lipinski definition) is 2.